The summed E-state index contributed by atoms with van der Waals surface area (Å²) in [6, 6.07) is 4.44. The lowest BCUT2D eigenvalue weighted by atomic mass is 9.54. The Kier molecular flexibility index (Phi) is 5.00. The first-order chi connectivity index (χ1) is 11.6. The summed E-state index contributed by atoms with van der Waals surface area (Å²) in [4.78, 5) is 0. The molecular formula is C20H27Cl2NO. The molecule has 4 aliphatic carbocycles. The molecule has 24 heavy (non-hydrogen) atoms. The van der Waals surface area contributed by atoms with Gasteiger partial charge in [-0.25, -0.2) is 0 Å². The lowest BCUT2D eigenvalue weighted by Gasteiger charge is -2.54. The van der Waals surface area contributed by atoms with Crippen molar-refractivity contribution in [1.29, 1.82) is 0 Å². The summed E-state index contributed by atoms with van der Waals surface area (Å²) >= 11 is 12.6. The van der Waals surface area contributed by atoms with Crippen LogP contribution < -0.4 is 10.1 Å². The van der Waals surface area contributed by atoms with Crippen LogP contribution >= 0.6 is 23.2 Å². The van der Waals surface area contributed by atoms with Crippen LogP contribution in [0.4, 0.5) is 0 Å². The van der Waals surface area contributed by atoms with Crippen molar-refractivity contribution in [2.75, 3.05) is 6.61 Å². The summed E-state index contributed by atoms with van der Waals surface area (Å²) in [5.74, 6) is 4.57. The van der Waals surface area contributed by atoms with E-state index in [-0.39, 0.29) is 0 Å². The Morgan fingerprint density at radius 2 is 1.71 bits per heavy atom. The molecule has 0 radical (unpaired) electrons. The molecule has 4 aliphatic rings. The number of nitrogens with one attached hydrogen (secondary N) is 1. The van der Waals surface area contributed by atoms with Gasteiger partial charge >= 0.3 is 0 Å². The molecule has 0 unspecified atom stereocenters. The average molecular weight is 368 g/mol. The molecule has 1 N–H and O–H groups in total. The van der Waals surface area contributed by atoms with Gasteiger partial charge in [-0.1, -0.05) is 30.1 Å². The monoisotopic (exact) mass is 367 g/mol. The fraction of sp³-hybridized carbons (Fsp3) is 0.700. The number of hydrogen-bond acceptors (Lipinski definition) is 2. The van der Waals surface area contributed by atoms with Crippen LogP contribution in [0.25, 0.3) is 0 Å². The second-order valence-corrected chi connectivity index (χ2v) is 8.91. The molecule has 4 fully saturated rings. The van der Waals surface area contributed by atoms with Gasteiger partial charge in [-0.15, -0.1) is 0 Å². The molecule has 5 rings (SSSR count). The predicted molar refractivity (Wildman–Crippen MR) is 99.9 cm³/mol. The Morgan fingerprint density at radius 3 is 2.33 bits per heavy atom. The highest BCUT2D eigenvalue weighted by atomic mass is 35.5. The molecule has 0 aliphatic heterocycles. The van der Waals surface area contributed by atoms with E-state index in [1.54, 1.807) is 6.07 Å². The maximum atomic E-state index is 6.38. The van der Waals surface area contributed by atoms with E-state index in [0.717, 1.165) is 48.0 Å². The topological polar surface area (TPSA) is 21.3 Å². The Morgan fingerprint density at radius 1 is 1.04 bits per heavy atom. The molecule has 4 saturated carbocycles. The summed E-state index contributed by atoms with van der Waals surface area (Å²) in [6.07, 6.45) is 8.20. The normalized spacial score (nSPS) is 33.9. The minimum atomic E-state index is 0.623. The Hall–Kier alpha value is -0.440. The lowest BCUT2D eigenvalue weighted by molar-refractivity contribution is -0.0143. The van der Waals surface area contributed by atoms with Gasteiger partial charge in [0.05, 0.1) is 11.6 Å². The zero-order valence-electron chi connectivity index (χ0n) is 14.4. The molecule has 0 amide bonds. The van der Waals surface area contributed by atoms with Crippen molar-refractivity contribution in [1.82, 2.24) is 5.32 Å². The van der Waals surface area contributed by atoms with Gasteiger partial charge in [0.25, 0.3) is 0 Å². The Bertz CT molecular complexity index is 576. The molecule has 4 bridgehead atoms. The standard InChI is InChI=1S/C20H27Cl2NO/c1-2-3-24-20-16(9-17(21)10-18(20)22)11-23-19-14-5-12-4-13(7-14)8-15(19)6-12/h9-10,12-15,19,23H,2-8,11H2,1H3. The third-order valence-electron chi connectivity index (χ3n) is 6.29. The van der Waals surface area contributed by atoms with Crippen molar-refractivity contribution in [2.24, 2.45) is 23.7 Å². The van der Waals surface area contributed by atoms with Gasteiger partial charge in [-0.2, -0.15) is 0 Å². The third-order valence-corrected chi connectivity index (χ3v) is 6.79. The summed E-state index contributed by atoms with van der Waals surface area (Å²) < 4.78 is 5.90. The molecule has 0 spiro atoms. The first-order valence-electron chi connectivity index (χ1n) is 9.48. The van der Waals surface area contributed by atoms with Crippen LogP contribution in [0, 0.1) is 23.7 Å². The smallest absolute Gasteiger partial charge is 0.142 e. The van der Waals surface area contributed by atoms with Gasteiger partial charge in [0.1, 0.15) is 5.75 Å². The van der Waals surface area contributed by atoms with Gasteiger partial charge in [0.2, 0.25) is 0 Å². The van der Waals surface area contributed by atoms with Crippen LogP contribution in [0.1, 0.15) is 51.0 Å². The fourth-order valence-corrected chi connectivity index (χ4v) is 6.19. The van der Waals surface area contributed by atoms with Crippen molar-refractivity contribution in [3.05, 3.63) is 27.7 Å². The molecule has 0 heterocycles. The fourth-order valence-electron chi connectivity index (χ4n) is 5.60. The molecule has 1 aromatic carbocycles. The second kappa shape index (κ2) is 7.05. The van der Waals surface area contributed by atoms with Crippen molar-refractivity contribution < 1.29 is 4.74 Å². The van der Waals surface area contributed by atoms with Gasteiger partial charge in [-0.3, -0.25) is 0 Å². The maximum Gasteiger partial charge on any atom is 0.142 e. The molecule has 0 saturated heterocycles. The highest BCUT2D eigenvalue weighted by Gasteiger charge is 2.47. The summed E-state index contributed by atoms with van der Waals surface area (Å²) in [5, 5.41) is 5.16. The number of benzene rings is 1. The van der Waals surface area contributed by atoms with Gasteiger partial charge in [0.15, 0.2) is 0 Å². The quantitative estimate of drug-likeness (QED) is 0.696. The third kappa shape index (κ3) is 3.30. The highest BCUT2D eigenvalue weighted by Crippen LogP contribution is 2.53. The van der Waals surface area contributed by atoms with E-state index in [9.17, 15) is 0 Å². The zero-order valence-corrected chi connectivity index (χ0v) is 15.9. The highest BCUT2D eigenvalue weighted by molar-refractivity contribution is 6.35. The minimum Gasteiger partial charge on any atom is -0.492 e. The molecule has 0 aromatic heterocycles. The van der Waals surface area contributed by atoms with E-state index in [1.807, 2.05) is 6.07 Å². The number of rotatable bonds is 6. The lowest BCUT2D eigenvalue weighted by Crippen LogP contribution is -2.54. The van der Waals surface area contributed by atoms with E-state index in [2.05, 4.69) is 12.2 Å². The van der Waals surface area contributed by atoms with Crippen LogP contribution in [0.5, 0.6) is 5.75 Å². The summed E-state index contributed by atoms with van der Waals surface area (Å²) in [7, 11) is 0. The van der Waals surface area contributed by atoms with E-state index < -0.39 is 0 Å². The van der Waals surface area contributed by atoms with Crippen LogP contribution in [-0.2, 0) is 6.54 Å². The first-order valence-corrected chi connectivity index (χ1v) is 10.2. The van der Waals surface area contributed by atoms with Crippen molar-refractivity contribution in [3.8, 4) is 5.75 Å². The number of ether oxygens (including phenoxy) is 1. The van der Waals surface area contributed by atoms with Gasteiger partial charge < -0.3 is 10.1 Å². The number of hydrogen-bond donors (Lipinski definition) is 1. The van der Waals surface area contributed by atoms with Crippen LogP contribution in [0.3, 0.4) is 0 Å². The Balaban J connectivity index is 1.47. The van der Waals surface area contributed by atoms with E-state index in [1.165, 1.54) is 32.1 Å². The first kappa shape index (κ1) is 17.0. The van der Waals surface area contributed by atoms with E-state index in [4.69, 9.17) is 27.9 Å². The largest absolute Gasteiger partial charge is 0.492 e. The molecular weight excluding hydrogens is 341 g/mol. The molecule has 2 nitrogen and oxygen atoms in total. The van der Waals surface area contributed by atoms with E-state index in [0.29, 0.717) is 22.7 Å². The van der Waals surface area contributed by atoms with Crippen molar-refractivity contribution in [2.45, 2.75) is 58.0 Å². The molecule has 1 aromatic rings. The summed E-state index contributed by atoms with van der Waals surface area (Å²) in [5.41, 5.74) is 1.09. The maximum absolute atomic E-state index is 6.38. The zero-order chi connectivity index (χ0) is 16.7. The second-order valence-electron chi connectivity index (χ2n) is 8.06. The molecule has 0 atom stereocenters. The average Bonchev–Trinajstić information content (AvgIpc) is 2.52. The predicted octanol–water partition coefficient (Wildman–Crippen LogP) is 5.70. The van der Waals surface area contributed by atoms with Gasteiger partial charge in [-0.05, 0) is 74.3 Å². The molecule has 132 valence electrons. The van der Waals surface area contributed by atoms with Crippen molar-refractivity contribution in [3.63, 3.8) is 0 Å². The van der Waals surface area contributed by atoms with Crippen LogP contribution in [0.2, 0.25) is 10.0 Å². The van der Waals surface area contributed by atoms with Crippen LogP contribution in [-0.4, -0.2) is 12.6 Å². The SMILES string of the molecule is CCCOc1c(Cl)cc(Cl)cc1CNC1C2CC3CC(C2)CC1C3. The Labute approximate surface area is 155 Å². The summed E-state index contributed by atoms with van der Waals surface area (Å²) in [6.45, 7) is 3.59. The number of halogens is 2. The van der Waals surface area contributed by atoms with Crippen molar-refractivity contribution >= 4 is 23.2 Å². The van der Waals surface area contributed by atoms with Gasteiger partial charge in [0, 0.05) is 23.2 Å². The molecule has 4 heteroatoms. The minimum absolute atomic E-state index is 0.623. The van der Waals surface area contributed by atoms with E-state index >= 15 is 0 Å². The van der Waals surface area contributed by atoms with Crippen LogP contribution in [0.15, 0.2) is 12.1 Å².